The number of anilines is 1. The largest absolute Gasteiger partial charge is 0.369 e. The second kappa shape index (κ2) is 7.10. The first-order valence-corrected chi connectivity index (χ1v) is 8.42. The van der Waals surface area contributed by atoms with Gasteiger partial charge in [-0.25, -0.2) is 0 Å². The van der Waals surface area contributed by atoms with Crippen LogP contribution in [0.5, 0.6) is 0 Å². The maximum atomic E-state index is 6.10. The fourth-order valence-corrected chi connectivity index (χ4v) is 3.11. The van der Waals surface area contributed by atoms with Crippen molar-refractivity contribution in [1.29, 1.82) is 0 Å². The normalized spacial score (nSPS) is 16.0. The third-order valence-corrected chi connectivity index (χ3v) is 4.95. The molecule has 0 unspecified atom stereocenters. The quantitative estimate of drug-likeness (QED) is 0.767. The highest BCUT2D eigenvalue weighted by Crippen LogP contribution is 2.27. The lowest BCUT2D eigenvalue weighted by atomic mass is 10.2. The molecule has 1 fully saturated rings. The first-order chi connectivity index (χ1) is 10.6. The SMILES string of the molecule is Clc1ccc(CN2CCN(c3ccc(Cl)c(Cl)c3)CC2)cc1. The summed E-state index contributed by atoms with van der Waals surface area (Å²) < 4.78 is 0. The summed E-state index contributed by atoms with van der Waals surface area (Å²) in [5, 5.41) is 2.00. The van der Waals surface area contributed by atoms with Gasteiger partial charge in [-0.15, -0.1) is 0 Å². The van der Waals surface area contributed by atoms with Crippen molar-refractivity contribution in [1.82, 2.24) is 4.90 Å². The van der Waals surface area contributed by atoms with Crippen LogP contribution in [0.25, 0.3) is 0 Å². The number of halogens is 3. The monoisotopic (exact) mass is 354 g/mol. The lowest BCUT2D eigenvalue weighted by Crippen LogP contribution is -2.45. The molecule has 0 bridgehead atoms. The topological polar surface area (TPSA) is 6.48 Å². The van der Waals surface area contributed by atoms with E-state index in [1.807, 2.05) is 30.3 Å². The van der Waals surface area contributed by atoms with Crippen molar-refractivity contribution in [3.63, 3.8) is 0 Å². The van der Waals surface area contributed by atoms with Gasteiger partial charge in [0.25, 0.3) is 0 Å². The van der Waals surface area contributed by atoms with E-state index in [2.05, 4.69) is 21.9 Å². The Balaban J connectivity index is 1.57. The maximum Gasteiger partial charge on any atom is 0.0612 e. The molecule has 0 aliphatic carbocycles. The third kappa shape index (κ3) is 3.88. The van der Waals surface area contributed by atoms with E-state index in [4.69, 9.17) is 34.8 Å². The predicted octanol–water partition coefficient (Wildman–Crippen LogP) is 4.97. The lowest BCUT2D eigenvalue weighted by Gasteiger charge is -2.36. The minimum Gasteiger partial charge on any atom is -0.369 e. The zero-order valence-electron chi connectivity index (χ0n) is 12.1. The van der Waals surface area contributed by atoms with Gasteiger partial charge in [0.15, 0.2) is 0 Å². The lowest BCUT2D eigenvalue weighted by molar-refractivity contribution is 0.250. The van der Waals surface area contributed by atoms with Gasteiger partial charge in [-0.05, 0) is 35.9 Å². The average molecular weight is 356 g/mol. The molecule has 22 heavy (non-hydrogen) atoms. The molecule has 0 saturated carbocycles. The van der Waals surface area contributed by atoms with Crippen molar-refractivity contribution < 1.29 is 0 Å². The Kier molecular flexibility index (Phi) is 5.14. The summed E-state index contributed by atoms with van der Waals surface area (Å²) >= 11 is 18.0. The van der Waals surface area contributed by atoms with Gasteiger partial charge in [0.2, 0.25) is 0 Å². The van der Waals surface area contributed by atoms with Crippen LogP contribution < -0.4 is 4.90 Å². The molecule has 1 heterocycles. The van der Waals surface area contributed by atoms with Gasteiger partial charge in [0, 0.05) is 43.4 Å². The van der Waals surface area contributed by atoms with E-state index in [-0.39, 0.29) is 0 Å². The van der Waals surface area contributed by atoms with E-state index < -0.39 is 0 Å². The number of piperazine rings is 1. The number of hydrogen-bond acceptors (Lipinski definition) is 2. The van der Waals surface area contributed by atoms with Crippen LogP contribution in [-0.4, -0.2) is 31.1 Å². The number of hydrogen-bond donors (Lipinski definition) is 0. The fraction of sp³-hybridized carbons (Fsp3) is 0.294. The molecule has 5 heteroatoms. The van der Waals surface area contributed by atoms with Crippen molar-refractivity contribution in [2.75, 3.05) is 31.1 Å². The summed E-state index contributed by atoms with van der Waals surface area (Å²) in [5.74, 6) is 0. The molecule has 0 spiro atoms. The summed E-state index contributed by atoms with van der Waals surface area (Å²) in [4.78, 5) is 4.80. The van der Waals surface area contributed by atoms with Crippen LogP contribution in [0.1, 0.15) is 5.56 Å². The predicted molar refractivity (Wildman–Crippen MR) is 95.4 cm³/mol. The summed E-state index contributed by atoms with van der Waals surface area (Å²) in [6.45, 7) is 5.01. The van der Waals surface area contributed by atoms with Crippen molar-refractivity contribution in [2.45, 2.75) is 6.54 Å². The second-order valence-electron chi connectivity index (χ2n) is 5.49. The molecule has 1 aliphatic rings. The van der Waals surface area contributed by atoms with Crippen molar-refractivity contribution in [2.24, 2.45) is 0 Å². The molecule has 2 nitrogen and oxygen atoms in total. The van der Waals surface area contributed by atoms with Gasteiger partial charge >= 0.3 is 0 Å². The standard InChI is InChI=1S/C17H17Cl3N2/c18-14-3-1-13(2-4-14)12-21-7-9-22(10-8-21)15-5-6-16(19)17(20)11-15/h1-6,11H,7-10,12H2. The molecule has 116 valence electrons. The molecule has 0 N–H and O–H groups in total. The molecule has 2 aromatic rings. The van der Waals surface area contributed by atoms with Crippen molar-refractivity contribution in [3.05, 3.63) is 63.1 Å². The summed E-state index contributed by atoms with van der Waals surface area (Å²) in [7, 11) is 0. The van der Waals surface area contributed by atoms with Crippen LogP contribution in [0.2, 0.25) is 15.1 Å². The molecule has 1 aliphatic heterocycles. The molecular weight excluding hydrogens is 339 g/mol. The summed E-state index contributed by atoms with van der Waals surface area (Å²) in [5.41, 5.74) is 2.44. The van der Waals surface area contributed by atoms with Crippen LogP contribution >= 0.6 is 34.8 Å². The number of benzene rings is 2. The van der Waals surface area contributed by atoms with E-state index in [1.165, 1.54) is 5.56 Å². The first kappa shape index (κ1) is 15.9. The highest BCUT2D eigenvalue weighted by atomic mass is 35.5. The minimum absolute atomic E-state index is 0.604. The highest BCUT2D eigenvalue weighted by molar-refractivity contribution is 6.42. The molecule has 0 radical (unpaired) electrons. The zero-order valence-corrected chi connectivity index (χ0v) is 14.4. The van der Waals surface area contributed by atoms with E-state index in [0.717, 1.165) is 43.4 Å². The first-order valence-electron chi connectivity index (χ1n) is 7.28. The van der Waals surface area contributed by atoms with Crippen LogP contribution in [0.15, 0.2) is 42.5 Å². The Bertz CT molecular complexity index is 635. The molecule has 0 amide bonds. The molecule has 0 aromatic heterocycles. The minimum atomic E-state index is 0.604. The van der Waals surface area contributed by atoms with Gasteiger partial charge in [-0.1, -0.05) is 46.9 Å². The van der Waals surface area contributed by atoms with E-state index in [0.29, 0.717) is 10.0 Å². The van der Waals surface area contributed by atoms with Gasteiger partial charge in [-0.2, -0.15) is 0 Å². The van der Waals surface area contributed by atoms with Crippen LogP contribution in [0.4, 0.5) is 5.69 Å². The smallest absolute Gasteiger partial charge is 0.0612 e. The van der Waals surface area contributed by atoms with E-state index in [9.17, 15) is 0 Å². The number of nitrogens with zero attached hydrogens (tertiary/aromatic N) is 2. The third-order valence-electron chi connectivity index (χ3n) is 3.96. The Labute approximate surface area is 146 Å². The van der Waals surface area contributed by atoms with Gasteiger partial charge < -0.3 is 4.90 Å². The maximum absolute atomic E-state index is 6.10. The van der Waals surface area contributed by atoms with Crippen molar-refractivity contribution in [3.8, 4) is 0 Å². The summed E-state index contributed by atoms with van der Waals surface area (Å²) in [6, 6.07) is 13.9. The Morgan fingerprint density at radius 1 is 0.773 bits per heavy atom. The average Bonchev–Trinajstić information content (AvgIpc) is 2.53. The Morgan fingerprint density at radius 3 is 2.09 bits per heavy atom. The zero-order chi connectivity index (χ0) is 15.5. The Morgan fingerprint density at radius 2 is 1.45 bits per heavy atom. The van der Waals surface area contributed by atoms with E-state index in [1.54, 1.807) is 0 Å². The summed E-state index contributed by atoms with van der Waals surface area (Å²) in [6.07, 6.45) is 0. The molecule has 1 saturated heterocycles. The molecule has 0 atom stereocenters. The Hall–Kier alpha value is -0.930. The van der Waals surface area contributed by atoms with Gasteiger partial charge in [0.1, 0.15) is 0 Å². The highest BCUT2D eigenvalue weighted by Gasteiger charge is 2.17. The number of rotatable bonds is 3. The van der Waals surface area contributed by atoms with Crippen LogP contribution in [0.3, 0.4) is 0 Å². The molecule has 2 aromatic carbocycles. The van der Waals surface area contributed by atoms with Crippen LogP contribution in [-0.2, 0) is 6.54 Å². The molecule has 3 rings (SSSR count). The van der Waals surface area contributed by atoms with E-state index >= 15 is 0 Å². The van der Waals surface area contributed by atoms with Gasteiger partial charge in [0.05, 0.1) is 10.0 Å². The fourth-order valence-electron chi connectivity index (χ4n) is 2.69. The second-order valence-corrected chi connectivity index (χ2v) is 6.74. The van der Waals surface area contributed by atoms with Crippen molar-refractivity contribution >= 4 is 40.5 Å². The van der Waals surface area contributed by atoms with Crippen LogP contribution in [0, 0.1) is 0 Å². The molecular formula is C17H17Cl3N2. The van der Waals surface area contributed by atoms with Gasteiger partial charge in [-0.3, -0.25) is 4.90 Å².